The maximum Gasteiger partial charge on any atom is 0.245 e. The van der Waals surface area contributed by atoms with Gasteiger partial charge in [-0.2, -0.15) is 4.31 Å². The summed E-state index contributed by atoms with van der Waals surface area (Å²) in [6, 6.07) is 9.91. The van der Waals surface area contributed by atoms with Crippen molar-refractivity contribution in [2.24, 2.45) is 0 Å². The van der Waals surface area contributed by atoms with E-state index in [-0.39, 0.29) is 28.1 Å². The maximum atomic E-state index is 13.3. The van der Waals surface area contributed by atoms with Crippen molar-refractivity contribution in [1.82, 2.24) is 4.31 Å². The standard InChI is InChI=1S/C21H23Cl2NO3S/c1-14(2)24(28(25,26)20-12-17(22)6-7-18(20)23)13-15-5-8-19-16(11-15)9-10-21(3,4)27-19/h5-12,14H,13H2,1-4H3. The Morgan fingerprint density at radius 2 is 1.82 bits per heavy atom. The van der Waals surface area contributed by atoms with Gasteiger partial charge in [0.05, 0.1) is 5.02 Å². The average Bonchev–Trinajstić information content (AvgIpc) is 2.60. The quantitative estimate of drug-likeness (QED) is 0.593. The molecule has 2 aromatic rings. The van der Waals surface area contributed by atoms with Crippen LogP contribution in [0.2, 0.25) is 10.0 Å². The van der Waals surface area contributed by atoms with E-state index in [9.17, 15) is 8.42 Å². The number of halogens is 2. The summed E-state index contributed by atoms with van der Waals surface area (Å²) in [4.78, 5) is 0.0123. The minimum Gasteiger partial charge on any atom is -0.483 e. The molecule has 0 N–H and O–H groups in total. The average molecular weight is 440 g/mol. The lowest BCUT2D eigenvalue weighted by atomic mass is 10.0. The molecule has 0 spiro atoms. The summed E-state index contributed by atoms with van der Waals surface area (Å²) in [5, 5.41) is 0.476. The number of hydrogen-bond donors (Lipinski definition) is 0. The molecule has 7 heteroatoms. The molecule has 0 amide bonds. The second-order valence-electron chi connectivity index (χ2n) is 7.63. The molecule has 0 aliphatic carbocycles. The van der Waals surface area contributed by atoms with Crippen LogP contribution in [0.1, 0.15) is 38.8 Å². The third-order valence-electron chi connectivity index (χ3n) is 4.51. The number of nitrogens with zero attached hydrogens (tertiary/aromatic N) is 1. The monoisotopic (exact) mass is 439 g/mol. The molecule has 0 atom stereocenters. The zero-order chi connectivity index (χ0) is 20.7. The van der Waals surface area contributed by atoms with Crippen molar-refractivity contribution in [3.05, 3.63) is 63.6 Å². The van der Waals surface area contributed by atoms with Crippen LogP contribution in [-0.4, -0.2) is 24.4 Å². The zero-order valence-electron chi connectivity index (χ0n) is 16.2. The largest absolute Gasteiger partial charge is 0.483 e. The van der Waals surface area contributed by atoms with Gasteiger partial charge >= 0.3 is 0 Å². The van der Waals surface area contributed by atoms with Crippen molar-refractivity contribution in [2.45, 2.75) is 50.8 Å². The second-order valence-corrected chi connectivity index (χ2v) is 10.3. The third-order valence-corrected chi connectivity index (χ3v) is 7.24. The molecule has 0 unspecified atom stereocenters. The highest BCUT2D eigenvalue weighted by molar-refractivity contribution is 7.89. The molecular weight excluding hydrogens is 417 g/mol. The molecule has 0 fully saturated rings. The lowest BCUT2D eigenvalue weighted by Crippen LogP contribution is -2.36. The normalized spacial score (nSPS) is 15.6. The summed E-state index contributed by atoms with van der Waals surface area (Å²) in [6.45, 7) is 7.86. The fourth-order valence-corrected chi connectivity index (χ4v) is 5.42. The summed E-state index contributed by atoms with van der Waals surface area (Å²) < 4.78 is 33.9. The minimum atomic E-state index is -3.82. The first-order valence-electron chi connectivity index (χ1n) is 8.98. The van der Waals surface area contributed by atoms with E-state index >= 15 is 0 Å². The Balaban J connectivity index is 1.95. The van der Waals surface area contributed by atoms with Crippen LogP contribution in [0.25, 0.3) is 6.08 Å². The summed E-state index contributed by atoms with van der Waals surface area (Å²) in [5.41, 5.74) is 1.44. The highest BCUT2D eigenvalue weighted by Crippen LogP contribution is 2.33. The summed E-state index contributed by atoms with van der Waals surface area (Å²) in [6.07, 6.45) is 3.99. The van der Waals surface area contributed by atoms with Gasteiger partial charge in [0.15, 0.2) is 0 Å². The van der Waals surface area contributed by atoms with Crippen molar-refractivity contribution in [2.75, 3.05) is 0 Å². The SMILES string of the molecule is CC(C)N(Cc1ccc2c(c1)C=CC(C)(C)O2)S(=O)(=O)c1cc(Cl)ccc1Cl. The Bertz CT molecular complexity index is 1030. The van der Waals surface area contributed by atoms with Gasteiger partial charge in [0.1, 0.15) is 16.2 Å². The van der Waals surface area contributed by atoms with Gasteiger partial charge in [0.2, 0.25) is 10.0 Å². The van der Waals surface area contributed by atoms with Crippen LogP contribution in [0.15, 0.2) is 47.4 Å². The lowest BCUT2D eigenvalue weighted by Gasteiger charge is -2.29. The Morgan fingerprint density at radius 3 is 2.50 bits per heavy atom. The van der Waals surface area contributed by atoms with E-state index in [4.69, 9.17) is 27.9 Å². The highest BCUT2D eigenvalue weighted by atomic mass is 35.5. The third kappa shape index (κ3) is 4.38. The van der Waals surface area contributed by atoms with Crippen molar-refractivity contribution in [3.8, 4) is 5.75 Å². The minimum absolute atomic E-state index is 0.0123. The predicted octanol–water partition coefficient (Wildman–Crippen LogP) is 5.78. The molecule has 28 heavy (non-hydrogen) atoms. The molecule has 1 aliphatic heterocycles. The van der Waals surface area contributed by atoms with Gasteiger partial charge in [0, 0.05) is 23.2 Å². The van der Waals surface area contributed by atoms with E-state index in [1.54, 1.807) is 6.07 Å². The second kappa shape index (κ2) is 7.71. The van der Waals surface area contributed by atoms with E-state index in [1.165, 1.54) is 16.4 Å². The molecule has 0 saturated carbocycles. The lowest BCUT2D eigenvalue weighted by molar-refractivity contribution is 0.159. The number of hydrogen-bond acceptors (Lipinski definition) is 3. The first-order chi connectivity index (χ1) is 13.0. The Kier molecular flexibility index (Phi) is 5.84. The Labute approximate surface area is 176 Å². The number of fused-ring (bicyclic) bond motifs is 1. The topological polar surface area (TPSA) is 46.6 Å². The van der Waals surface area contributed by atoms with Crippen LogP contribution in [0, 0.1) is 0 Å². The molecule has 3 rings (SSSR count). The van der Waals surface area contributed by atoms with Crippen LogP contribution >= 0.6 is 23.2 Å². The van der Waals surface area contributed by atoms with Crippen LogP contribution in [0.5, 0.6) is 5.75 Å². The van der Waals surface area contributed by atoms with Crippen LogP contribution in [0.4, 0.5) is 0 Å². The molecule has 0 bridgehead atoms. The number of ether oxygens (including phenoxy) is 1. The molecule has 150 valence electrons. The number of sulfonamides is 1. The highest BCUT2D eigenvalue weighted by Gasteiger charge is 2.30. The molecular formula is C21H23Cl2NO3S. The summed E-state index contributed by atoms with van der Waals surface area (Å²) in [7, 11) is -3.82. The molecule has 0 radical (unpaired) electrons. The van der Waals surface area contributed by atoms with Gasteiger partial charge < -0.3 is 4.74 Å². The zero-order valence-corrected chi connectivity index (χ0v) is 18.6. The number of benzene rings is 2. The molecule has 0 aromatic heterocycles. The first kappa shape index (κ1) is 21.2. The summed E-state index contributed by atoms with van der Waals surface area (Å²) >= 11 is 12.2. The van der Waals surface area contributed by atoms with Gasteiger partial charge in [-0.05, 0) is 69.7 Å². The van der Waals surface area contributed by atoms with Crippen molar-refractivity contribution >= 4 is 39.3 Å². The Hall–Kier alpha value is -1.53. The Morgan fingerprint density at radius 1 is 1.11 bits per heavy atom. The van der Waals surface area contributed by atoms with Crippen molar-refractivity contribution < 1.29 is 13.2 Å². The molecule has 4 nitrogen and oxygen atoms in total. The predicted molar refractivity (Wildman–Crippen MR) is 115 cm³/mol. The van der Waals surface area contributed by atoms with Gasteiger partial charge in [-0.25, -0.2) is 8.42 Å². The van der Waals surface area contributed by atoms with E-state index in [0.717, 1.165) is 16.9 Å². The van der Waals surface area contributed by atoms with Crippen LogP contribution in [0.3, 0.4) is 0 Å². The molecule has 2 aromatic carbocycles. The van der Waals surface area contributed by atoms with Gasteiger partial charge in [-0.1, -0.05) is 35.3 Å². The molecule has 0 saturated heterocycles. The van der Waals surface area contributed by atoms with Crippen LogP contribution in [-0.2, 0) is 16.6 Å². The van der Waals surface area contributed by atoms with E-state index in [1.807, 2.05) is 58.0 Å². The first-order valence-corrected chi connectivity index (χ1v) is 11.2. The smallest absolute Gasteiger partial charge is 0.245 e. The maximum absolute atomic E-state index is 13.3. The fourth-order valence-electron chi connectivity index (χ4n) is 3.05. The van der Waals surface area contributed by atoms with Crippen molar-refractivity contribution in [1.29, 1.82) is 0 Å². The molecule has 1 aliphatic rings. The van der Waals surface area contributed by atoms with Gasteiger partial charge in [0.25, 0.3) is 0 Å². The van der Waals surface area contributed by atoms with Gasteiger partial charge in [-0.3, -0.25) is 0 Å². The fraction of sp³-hybridized carbons (Fsp3) is 0.333. The van der Waals surface area contributed by atoms with E-state index in [0.29, 0.717) is 5.02 Å². The number of rotatable bonds is 5. The van der Waals surface area contributed by atoms with Crippen molar-refractivity contribution in [3.63, 3.8) is 0 Å². The van der Waals surface area contributed by atoms with Gasteiger partial charge in [-0.15, -0.1) is 0 Å². The van der Waals surface area contributed by atoms with E-state index < -0.39 is 10.0 Å². The summed E-state index contributed by atoms with van der Waals surface area (Å²) in [5.74, 6) is 0.785. The van der Waals surface area contributed by atoms with Crippen LogP contribution < -0.4 is 4.74 Å². The molecule has 1 heterocycles. The van der Waals surface area contributed by atoms with E-state index in [2.05, 4.69) is 0 Å².